The molecule has 0 amide bonds. The minimum Gasteiger partial charge on any atom is -0.467 e. The summed E-state index contributed by atoms with van der Waals surface area (Å²) < 4.78 is 10.4. The van der Waals surface area contributed by atoms with E-state index < -0.39 is 0 Å². The van der Waals surface area contributed by atoms with Crippen molar-refractivity contribution in [1.29, 1.82) is 0 Å². The Kier molecular flexibility index (Phi) is 4.80. The standard InChI is InChI=1S/C15H21NO3/c1-11-6-3-4-8-13(11)16-14(15(17)18-2)12-7-5-9-19-10-12/h3-4,6,8,12,14,16H,5,7,9-10H2,1-2H3. The summed E-state index contributed by atoms with van der Waals surface area (Å²) in [5, 5.41) is 3.31. The Labute approximate surface area is 114 Å². The average Bonchev–Trinajstić information content (AvgIpc) is 2.46. The van der Waals surface area contributed by atoms with E-state index in [0.717, 1.165) is 30.7 Å². The molecule has 1 aliphatic heterocycles. The fourth-order valence-electron chi connectivity index (χ4n) is 2.43. The predicted molar refractivity (Wildman–Crippen MR) is 74.1 cm³/mol. The quantitative estimate of drug-likeness (QED) is 0.847. The molecule has 0 aliphatic carbocycles. The van der Waals surface area contributed by atoms with E-state index in [1.807, 2.05) is 31.2 Å². The smallest absolute Gasteiger partial charge is 0.328 e. The highest BCUT2D eigenvalue weighted by atomic mass is 16.5. The van der Waals surface area contributed by atoms with Crippen molar-refractivity contribution in [3.05, 3.63) is 29.8 Å². The van der Waals surface area contributed by atoms with Crippen molar-refractivity contribution in [1.82, 2.24) is 0 Å². The molecule has 4 heteroatoms. The van der Waals surface area contributed by atoms with Crippen LogP contribution in [0.25, 0.3) is 0 Å². The third kappa shape index (κ3) is 3.47. The second-order valence-electron chi connectivity index (χ2n) is 4.94. The number of carbonyl (C=O) groups is 1. The van der Waals surface area contributed by atoms with E-state index >= 15 is 0 Å². The summed E-state index contributed by atoms with van der Waals surface area (Å²) in [4.78, 5) is 12.0. The van der Waals surface area contributed by atoms with E-state index in [2.05, 4.69) is 5.32 Å². The molecule has 104 valence electrons. The largest absolute Gasteiger partial charge is 0.467 e. The van der Waals surface area contributed by atoms with E-state index in [1.54, 1.807) is 0 Å². The van der Waals surface area contributed by atoms with Crippen molar-refractivity contribution in [2.24, 2.45) is 5.92 Å². The number of hydrogen-bond donors (Lipinski definition) is 1. The first-order chi connectivity index (χ1) is 9.22. The maximum atomic E-state index is 12.0. The van der Waals surface area contributed by atoms with Gasteiger partial charge in [0.05, 0.1) is 13.7 Å². The summed E-state index contributed by atoms with van der Waals surface area (Å²) >= 11 is 0. The number of methoxy groups -OCH3 is 1. The van der Waals surface area contributed by atoms with Crippen LogP contribution < -0.4 is 5.32 Å². The zero-order valence-corrected chi connectivity index (χ0v) is 11.5. The normalized spacial score (nSPS) is 20.6. The van der Waals surface area contributed by atoms with Crippen LogP contribution in [0.2, 0.25) is 0 Å². The third-order valence-electron chi connectivity index (χ3n) is 3.58. The molecule has 0 saturated carbocycles. The predicted octanol–water partition coefficient (Wildman–Crippen LogP) is 2.38. The van der Waals surface area contributed by atoms with Gasteiger partial charge in [0.1, 0.15) is 6.04 Å². The van der Waals surface area contributed by atoms with Crippen molar-refractivity contribution in [2.75, 3.05) is 25.6 Å². The van der Waals surface area contributed by atoms with Crippen LogP contribution in [0.5, 0.6) is 0 Å². The minimum absolute atomic E-state index is 0.167. The Morgan fingerprint density at radius 2 is 2.26 bits per heavy atom. The third-order valence-corrected chi connectivity index (χ3v) is 3.58. The Morgan fingerprint density at radius 1 is 1.47 bits per heavy atom. The summed E-state index contributed by atoms with van der Waals surface area (Å²) in [6.45, 7) is 3.42. The number of anilines is 1. The SMILES string of the molecule is COC(=O)C(Nc1ccccc1C)C1CCCOC1. The van der Waals surface area contributed by atoms with Gasteiger partial charge in [-0.15, -0.1) is 0 Å². The van der Waals surface area contributed by atoms with Gasteiger partial charge in [0, 0.05) is 18.2 Å². The lowest BCUT2D eigenvalue weighted by Crippen LogP contribution is -2.41. The number of ether oxygens (including phenoxy) is 2. The summed E-state index contributed by atoms with van der Waals surface area (Å²) in [6, 6.07) is 7.60. The van der Waals surface area contributed by atoms with Crippen LogP contribution in [0.3, 0.4) is 0 Å². The monoisotopic (exact) mass is 263 g/mol. The summed E-state index contributed by atoms with van der Waals surface area (Å²) in [7, 11) is 1.43. The number of carbonyl (C=O) groups excluding carboxylic acids is 1. The van der Waals surface area contributed by atoms with Crippen molar-refractivity contribution < 1.29 is 14.3 Å². The molecule has 1 aromatic carbocycles. The van der Waals surface area contributed by atoms with E-state index in [9.17, 15) is 4.79 Å². The van der Waals surface area contributed by atoms with Gasteiger partial charge in [-0.25, -0.2) is 4.79 Å². The maximum absolute atomic E-state index is 12.0. The molecule has 19 heavy (non-hydrogen) atoms. The van der Waals surface area contributed by atoms with Gasteiger partial charge < -0.3 is 14.8 Å². The molecule has 1 aromatic rings. The van der Waals surface area contributed by atoms with Crippen molar-refractivity contribution in [3.8, 4) is 0 Å². The van der Waals surface area contributed by atoms with E-state index in [0.29, 0.717) is 6.61 Å². The first kappa shape index (κ1) is 13.9. The highest BCUT2D eigenvalue weighted by Crippen LogP contribution is 2.23. The molecule has 2 rings (SSSR count). The Balaban J connectivity index is 2.13. The fourth-order valence-corrected chi connectivity index (χ4v) is 2.43. The van der Waals surface area contributed by atoms with E-state index in [4.69, 9.17) is 9.47 Å². The first-order valence-corrected chi connectivity index (χ1v) is 6.70. The molecule has 1 aliphatic rings. The average molecular weight is 263 g/mol. The second kappa shape index (κ2) is 6.57. The van der Waals surface area contributed by atoms with Gasteiger partial charge in [0.25, 0.3) is 0 Å². The van der Waals surface area contributed by atoms with Crippen LogP contribution in [0, 0.1) is 12.8 Å². The minimum atomic E-state index is -0.341. The first-order valence-electron chi connectivity index (χ1n) is 6.70. The highest BCUT2D eigenvalue weighted by molar-refractivity contribution is 5.80. The van der Waals surface area contributed by atoms with Gasteiger partial charge in [-0.2, -0.15) is 0 Å². The molecule has 2 unspecified atom stereocenters. The molecule has 0 spiro atoms. The zero-order valence-electron chi connectivity index (χ0n) is 11.5. The Morgan fingerprint density at radius 3 is 2.89 bits per heavy atom. The molecule has 2 atom stereocenters. The molecule has 1 heterocycles. The number of aryl methyl sites for hydroxylation is 1. The molecular formula is C15H21NO3. The molecular weight excluding hydrogens is 242 g/mol. The lowest BCUT2D eigenvalue weighted by Gasteiger charge is -2.30. The van der Waals surface area contributed by atoms with Crippen LogP contribution in [0.15, 0.2) is 24.3 Å². The van der Waals surface area contributed by atoms with Crippen molar-refractivity contribution in [2.45, 2.75) is 25.8 Å². The molecule has 1 N–H and O–H groups in total. The van der Waals surface area contributed by atoms with Gasteiger partial charge in [-0.05, 0) is 31.4 Å². The molecule has 0 radical (unpaired) electrons. The van der Waals surface area contributed by atoms with Crippen LogP contribution >= 0.6 is 0 Å². The molecule has 1 fully saturated rings. The zero-order chi connectivity index (χ0) is 13.7. The van der Waals surface area contributed by atoms with Crippen LogP contribution in [-0.2, 0) is 14.3 Å². The van der Waals surface area contributed by atoms with Gasteiger partial charge in [0.2, 0.25) is 0 Å². The molecule has 4 nitrogen and oxygen atoms in total. The summed E-state index contributed by atoms with van der Waals surface area (Å²) in [5.74, 6) is -0.0560. The van der Waals surface area contributed by atoms with Gasteiger partial charge >= 0.3 is 5.97 Å². The highest BCUT2D eigenvalue weighted by Gasteiger charge is 2.31. The number of nitrogens with one attached hydrogen (secondary N) is 1. The van der Waals surface area contributed by atoms with Gasteiger partial charge in [-0.1, -0.05) is 18.2 Å². The van der Waals surface area contributed by atoms with E-state index in [-0.39, 0.29) is 17.9 Å². The fraction of sp³-hybridized carbons (Fsp3) is 0.533. The Bertz CT molecular complexity index is 427. The van der Waals surface area contributed by atoms with Gasteiger partial charge in [-0.3, -0.25) is 0 Å². The van der Waals surface area contributed by atoms with Crippen LogP contribution in [0.1, 0.15) is 18.4 Å². The lowest BCUT2D eigenvalue weighted by atomic mass is 9.93. The second-order valence-corrected chi connectivity index (χ2v) is 4.94. The number of benzene rings is 1. The topological polar surface area (TPSA) is 47.6 Å². The summed E-state index contributed by atoms with van der Waals surface area (Å²) in [6.07, 6.45) is 1.98. The molecule has 0 bridgehead atoms. The number of esters is 1. The molecule has 0 aromatic heterocycles. The lowest BCUT2D eigenvalue weighted by molar-refractivity contribution is -0.144. The Hall–Kier alpha value is -1.55. The summed E-state index contributed by atoms with van der Waals surface area (Å²) in [5.41, 5.74) is 2.09. The number of para-hydroxylation sites is 1. The van der Waals surface area contributed by atoms with E-state index in [1.165, 1.54) is 7.11 Å². The van der Waals surface area contributed by atoms with Gasteiger partial charge in [0.15, 0.2) is 0 Å². The maximum Gasteiger partial charge on any atom is 0.328 e. The van der Waals surface area contributed by atoms with Crippen LogP contribution in [0.4, 0.5) is 5.69 Å². The number of rotatable bonds is 4. The molecule has 1 saturated heterocycles. The number of hydrogen-bond acceptors (Lipinski definition) is 4. The van der Waals surface area contributed by atoms with Crippen molar-refractivity contribution in [3.63, 3.8) is 0 Å². The van der Waals surface area contributed by atoms with Crippen LogP contribution in [-0.4, -0.2) is 32.3 Å². The van der Waals surface area contributed by atoms with Crippen molar-refractivity contribution >= 4 is 11.7 Å².